The van der Waals surface area contributed by atoms with Gasteiger partial charge >= 0.3 is 0 Å². The van der Waals surface area contributed by atoms with Gasteiger partial charge in [0.1, 0.15) is 11.6 Å². The second-order valence-corrected chi connectivity index (χ2v) is 3.81. The molecule has 0 saturated heterocycles. The highest BCUT2D eigenvalue weighted by molar-refractivity contribution is 7.98. The standard InChI is InChI=1S/C8H14N4S/c1-3-4-13-5-7-10-6(2)11-8(9)12-7/h3-5H2,1-2H3,(H2,9,10,11,12). The van der Waals surface area contributed by atoms with Crippen LogP contribution in [0.25, 0.3) is 0 Å². The van der Waals surface area contributed by atoms with Gasteiger partial charge in [-0.15, -0.1) is 0 Å². The highest BCUT2D eigenvalue weighted by atomic mass is 32.2. The summed E-state index contributed by atoms with van der Waals surface area (Å²) >= 11 is 1.82. The lowest BCUT2D eigenvalue weighted by atomic mass is 10.6. The number of anilines is 1. The van der Waals surface area contributed by atoms with Crippen molar-refractivity contribution in [3.8, 4) is 0 Å². The van der Waals surface area contributed by atoms with Crippen molar-refractivity contribution in [1.29, 1.82) is 0 Å². The molecule has 1 rings (SSSR count). The number of nitrogen functional groups attached to an aromatic ring is 1. The number of nitrogens with zero attached hydrogens (tertiary/aromatic N) is 3. The number of thioether (sulfide) groups is 1. The molecule has 0 aliphatic rings. The zero-order valence-corrected chi connectivity index (χ0v) is 8.77. The molecule has 72 valence electrons. The van der Waals surface area contributed by atoms with Crippen LogP contribution in [0.4, 0.5) is 5.95 Å². The fourth-order valence-electron chi connectivity index (χ4n) is 0.932. The van der Waals surface area contributed by atoms with Gasteiger partial charge in [0, 0.05) is 0 Å². The van der Waals surface area contributed by atoms with Crippen molar-refractivity contribution >= 4 is 17.7 Å². The normalized spacial score (nSPS) is 10.3. The van der Waals surface area contributed by atoms with Crippen molar-refractivity contribution in [2.45, 2.75) is 26.0 Å². The molecule has 0 fully saturated rings. The largest absolute Gasteiger partial charge is 0.368 e. The maximum absolute atomic E-state index is 5.49. The van der Waals surface area contributed by atoms with E-state index in [-0.39, 0.29) is 0 Å². The van der Waals surface area contributed by atoms with Crippen LogP contribution in [0.2, 0.25) is 0 Å². The van der Waals surface area contributed by atoms with Gasteiger partial charge in [0.15, 0.2) is 0 Å². The van der Waals surface area contributed by atoms with E-state index in [1.165, 1.54) is 6.42 Å². The molecule has 0 spiro atoms. The Morgan fingerprint density at radius 3 is 2.69 bits per heavy atom. The van der Waals surface area contributed by atoms with Gasteiger partial charge in [-0.1, -0.05) is 6.92 Å². The third-order valence-electron chi connectivity index (χ3n) is 1.39. The lowest BCUT2D eigenvalue weighted by molar-refractivity contribution is 0.922. The monoisotopic (exact) mass is 198 g/mol. The van der Waals surface area contributed by atoms with Crippen LogP contribution in [0.1, 0.15) is 25.0 Å². The van der Waals surface area contributed by atoms with E-state index in [4.69, 9.17) is 5.73 Å². The minimum absolute atomic E-state index is 0.319. The van der Waals surface area contributed by atoms with Crippen LogP contribution in [-0.4, -0.2) is 20.7 Å². The number of aryl methyl sites for hydroxylation is 1. The summed E-state index contributed by atoms with van der Waals surface area (Å²) < 4.78 is 0. The molecule has 0 unspecified atom stereocenters. The third kappa shape index (κ3) is 3.59. The van der Waals surface area contributed by atoms with Crippen LogP contribution in [0.15, 0.2) is 0 Å². The van der Waals surface area contributed by atoms with Gasteiger partial charge in [-0.25, -0.2) is 4.98 Å². The molecule has 0 aromatic carbocycles. The van der Waals surface area contributed by atoms with Gasteiger partial charge in [0.2, 0.25) is 5.95 Å². The smallest absolute Gasteiger partial charge is 0.223 e. The fraction of sp³-hybridized carbons (Fsp3) is 0.625. The molecule has 5 heteroatoms. The van der Waals surface area contributed by atoms with Gasteiger partial charge in [-0.2, -0.15) is 21.7 Å². The first-order chi connectivity index (χ1) is 6.22. The van der Waals surface area contributed by atoms with E-state index >= 15 is 0 Å². The maximum Gasteiger partial charge on any atom is 0.223 e. The van der Waals surface area contributed by atoms with Crippen molar-refractivity contribution in [3.05, 3.63) is 11.6 Å². The first-order valence-electron chi connectivity index (χ1n) is 4.27. The van der Waals surface area contributed by atoms with E-state index in [0.717, 1.165) is 17.3 Å². The Kier molecular flexibility index (Phi) is 3.95. The Morgan fingerprint density at radius 1 is 1.31 bits per heavy atom. The van der Waals surface area contributed by atoms with Crippen LogP contribution in [0.5, 0.6) is 0 Å². The third-order valence-corrected chi connectivity index (χ3v) is 2.55. The summed E-state index contributed by atoms with van der Waals surface area (Å²) in [7, 11) is 0. The quantitative estimate of drug-likeness (QED) is 0.741. The highest BCUT2D eigenvalue weighted by Gasteiger charge is 2.00. The summed E-state index contributed by atoms with van der Waals surface area (Å²) in [5.74, 6) is 3.74. The van der Waals surface area contributed by atoms with E-state index in [1.54, 1.807) is 0 Å². The molecule has 1 aromatic rings. The molecule has 0 amide bonds. The predicted octanol–water partition coefficient (Wildman–Crippen LogP) is 1.41. The first kappa shape index (κ1) is 10.2. The Bertz CT molecular complexity index is 257. The molecule has 1 heterocycles. The van der Waals surface area contributed by atoms with Gasteiger partial charge in [0.25, 0.3) is 0 Å². The maximum atomic E-state index is 5.49. The molecule has 0 aliphatic carbocycles. The van der Waals surface area contributed by atoms with Gasteiger partial charge in [0.05, 0.1) is 5.75 Å². The summed E-state index contributed by atoms with van der Waals surface area (Å²) in [4.78, 5) is 12.1. The molecule has 2 N–H and O–H groups in total. The Labute approximate surface area is 82.4 Å². The van der Waals surface area contributed by atoms with E-state index in [2.05, 4.69) is 21.9 Å². The summed E-state index contributed by atoms with van der Waals surface area (Å²) in [6.07, 6.45) is 1.17. The Balaban J connectivity index is 2.56. The average molecular weight is 198 g/mol. The van der Waals surface area contributed by atoms with Crippen molar-refractivity contribution in [2.75, 3.05) is 11.5 Å². The van der Waals surface area contributed by atoms with Crippen LogP contribution in [0, 0.1) is 6.92 Å². The van der Waals surface area contributed by atoms with Gasteiger partial charge in [-0.05, 0) is 19.1 Å². The summed E-state index contributed by atoms with van der Waals surface area (Å²) in [6, 6.07) is 0. The number of hydrogen-bond acceptors (Lipinski definition) is 5. The van der Waals surface area contributed by atoms with Crippen LogP contribution in [0.3, 0.4) is 0 Å². The SMILES string of the molecule is CCCSCc1nc(C)nc(N)n1. The molecule has 0 aliphatic heterocycles. The molecule has 1 aromatic heterocycles. The zero-order chi connectivity index (χ0) is 9.68. The van der Waals surface area contributed by atoms with E-state index in [0.29, 0.717) is 11.8 Å². The van der Waals surface area contributed by atoms with Crippen LogP contribution >= 0.6 is 11.8 Å². The molecule has 0 radical (unpaired) electrons. The van der Waals surface area contributed by atoms with E-state index < -0.39 is 0 Å². The van der Waals surface area contributed by atoms with Gasteiger partial charge < -0.3 is 5.73 Å². The second-order valence-electron chi connectivity index (χ2n) is 2.71. The lowest BCUT2D eigenvalue weighted by Crippen LogP contribution is -2.03. The van der Waals surface area contributed by atoms with Gasteiger partial charge in [-0.3, -0.25) is 0 Å². The van der Waals surface area contributed by atoms with Crippen molar-refractivity contribution in [1.82, 2.24) is 15.0 Å². The molecular weight excluding hydrogens is 184 g/mol. The summed E-state index contributed by atoms with van der Waals surface area (Å²) in [5, 5.41) is 0. The minimum atomic E-state index is 0.319. The first-order valence-corrected chi connectivity index (χ1v) is 5.42. The second kappa shape index (κ2) is 5.01. The Morgan fingerprint density at radius 2 is 2.08 bits per heavy atom. The molecule has 0 saturated carbocycles. The lowest BCUT2D eigenvalue weighted by Gasteiger charge is -2.00. The van der Waals surface area contributed by atoms with E-state index in [1.807, 2.05) is 18.7 Å². The molecular formula is C8H14N4S. The van der Waals surface area contributed by atoms with Crippen LogP contribution in [-0.2, 0) is 5.75 Å². The van der Waals surface area contributed by atoms with E-state index in [9.17, 15) is 0 Å². The number of nitrogens with two attached hydrogens (primary N) is 1. The van der Waals surface area contributed by atoms with Crippen molar-refractivity contribution in [2.24, 2.45) is 0 Å². The van der Waals surface area contributed by atoms with Crippen molar-refractivity contribution < 1.29 is 0 Å². The molecule has 13 heavy (non-hydrogen) atoms. The predicted molar refractivity (Wildman–Crippen MR) is 55.4 cm³/mol. The Hall–Kier alpha value is -0.840. The topological polar surface area (TPSA) is 64.7 Å². The fourth-order valence-corrected chi connectivity index (χ4v) is 1.68. The molecule has 4 nitrogen and oxygen atoms in total. The molecule has 0 atom stereocenters. The molecule has 0 bridgehead atoms. The summed E-state index contributed by atoms with van der Waals surface area (Å²) in [6.45, 7) is 3.98. The van der Waals surface area contributed by atoms with Crippen molar-refractivity contribution in [3.63, 3.8) is 0 Å². The minimum Gasteiger partial charge on any atom is -0.368 e. The van der Waals surface area contributed by atoms with Crippen LogP contribution < -0.4 is 5.73 Å². The zero-order valence-electron chi connectivity index (χ0n) is 7.95. The average Bonchev–Trinajstić information content (AvgIpc) is 2.03. The number of rotatable bonds is 4. The summed E-state index contributed by atoms with van der Waals surface area (Å²) in [5.41, 5.74) is 5.49. The number of hydrogen-bond donors (Lipinski definition) is 1. The number of aromatic nitrogens is 3. The highest BCUT2D eigenvalue weighted by Crippen LogP contribution is 2.09.